The summed E-state index contributed by atoms with van der Waals surface area (Å²) in [6, 6.07) is 7.81. The van der Waals surface area contributed by atoms with Gasteiger partial charge in [-0.05, 0) is 85.3 Å². The Kier molecular flexibility index (Phi) is 10.1. The molecule has 0 bridgehead atoms. The maximum atomic E-state index is 13.0. The van der Waals surface area contributed by atoms with Crippen molar-refractivity contribution in [2.24, 2.45) is 0 Å². The third-order valence-electron chi connectivity index (χ3n) is 7.87. The van der Waals surface area contributed by atoms with Crippen LogP contribution in [-0.4, -0.2) is 74.4 Å². The van der Waals surface area contributed by atoms with Gasteiger partial charge in [0.15, 0.2) is 5.82 Å². The van der Waals surface area contributed by atoms with Gasteiger partial charge in [-0.25, -0.2) is 19.6 Å². The van der Waals surface area contributed by atoms with Gasteiger partial charge in [0.05, 0.1) is 22.5 Å². The van der Waals surface area contributed by atoms with E-state index in [0.29, 0.717) is 54.5 Å². The van der Waals surface area contributed by atoms with Gasteiger partial charge in [-0.3, -0.25) is 0 Å². The number of benzene rings is 1. The highest BCUT2D eigenvalue weighted by Gasteiger charge is 2.35. The van der Waals surface area contributed by atoms with Gasteiger partial charge in [-0.2, -0.15) is 5.26 Å². The van der Waals surface area contributed by atoms with Crippen LogP contribution in [0.25, 0.3) is 11.4 Å². The van der Waals surface area contributed by atoms with Crippen molar-refractivity contribution in [1.82, 2.24) is 19.8 Å². The topological polar surface area (TPSA) is 129 Å². The van der Waals surface area contributed by atoms with E-state index < -0.39 is 11.2 Å². The van der Waals surface area contributed by atoms with Gasteiger partial charge in [0.2, 0.25) is 0 Å². The standard InChI is InChI=1S/C34H47N5O5/c1-8-12-22-13-9-16-26(40)27(22)30-36-28(23-14-10-17-38(20-23)31(41)43-33(2,3)4)25(19-35)29(37-30)24-15-11-18-39(21-24)32(42)44-34(5,6)7/h9,13,16,23-24,40H,8,10-12,14-15,17-18,20-21H2,1-7H3. The number of ether oxygens (including phenoxy) is 2. The van der Waals surface area contributed by atoms with E-state index in [-0.39, 0.29) is 29.8 Å². The molecule has 0 radical (unpaired) electrons. The second-order valence-corrected chi connectivity index (χ2v) is 13.9. The third-order valence-corrected chi connectivity index (χ3v) is 7.87. The van der Waals surface area contributed by atoms with Crippen LogP contribution in [-0.2, 0) is 15.9 Å². The third kappa shape index (κ3) is 7.99. The van der Waals surface area contributed by atoms with Crippen molar-refractivity contribution in [2.45, 2.75) is 110 Å². The van der Waals surface area contributed by atoms with E-state index in [2.05, 4.69) is 13.0 Å². The van der Waals surface area contributed by atoms with Gasteiger partial charge in [0.25, 0.3) is 0 Å². The lowest BCUT2D eigenvalue weighted by molar-refractivity contribution is 0.0189. The fraction of sp³-hybridized carbons (Fsp3) is 0.618. The van der Waals surface area contributed by atoms with Gasteiger partial charge in [0, 0.05) is 38.0 Å². The number of amides is 2. The molecule has 10 nitrogen and oxygen atoms in total. The van der Waals surface area contributed by atoms with Crippen molar-refractivity contribution in [3.8, 4) is 23.2 Å². The number of phenols is 1. The number of phenolic OH excluding ortho intramolecular Hbond substituents is 1. The molecule has 2 aromatic rings. The van der Waals surface area contributed by atoms with Crippen LogP contribution >= 0.6 is 0 Å². The van der Waals surface area contributed by atoms with Gasteiger partial charge in [-0.1, -0.05) is 25.5 Å². The number of likely N-dealkylation sites (tertiary alicyclic amines) is 2. The summed E-state index contributed by atoms with van der Waals surface area (Å²) in [6.07, 6.45) is 3.76. The first kappa shape index (κ1) is 33.0. The Balaban J connectivity index is 1.81. The van der Waals surface area contributed by atoms with Crippen LogP contribution < -0.4 is 0 Å². The largest absolute Gasteiger partial charge is 0.507 e. The van der Waals surface area contributed by atoms with Gasteiger partial charge in [-0.15, -0.1) is 0 Å². The fourth-order valence-corrected chi connectivity index (χ4v) is 6.02. The van der Waals surface area contributed by atoms with Gasteiger partial charge in [0.1, 0.15) is 23.0 Å². The Labute approximate surface area is 261 Å². The Hall–Kier alpha value is -3.87. The number of rotatable bonds is 5. The fourth-order valence-electron chi connectivity index (χ4n) is 6.02. The smallest absolute Gasteiger partial charge is 0.410 e. The molecule has 3 heterocycles. The molecule has 2 unspecified atom stereocenters. The number of hydrogen-bond donors (Lipinski definition) is 1. The van der Waals surface area contributed by atoms with E-state index in [1.807, 2.05) is 53.7 Å². The van der Waals surface area contributed by atoms with Crippen molar-refractivity contribution in [2.75, 3.05) is 26.2 Å². The number of aromatic hydroxyl groups is 1. The van der Waals surface area contributed by atoms with E-state index in [0.717, 1.165) is 44.1 Å². The van der Waals surface area contributed by atoms with E-state index in [4.69, 9.17) is 19.4 Å². The lowest BCUT2D eigenvalue weighted by Gasteiger charge is -2.36. The minimum atomic E-state index is -0.626. The Bertz CT molecular complexity index is 1340. The van der Waals surface area contributed by atoms with Crippen LogP contribution in [0.3, 0.4) is 0 Å². The lowest BCUT2D eigenvalue weighted by atomic mass is 9.86. The molecule has 1 aromatic heterocycles. The predicted molar refractivity (Wildman–Crippen MR) is 167 cm³/mol. The van der Waals surface area contributed by atoms with Crippen molar-refractivity contribution in [1.29, 1.82) is 5.26 Å². The SMILES string of the molecule is CCCc1cccc(O)c1-c1nc(C2CCCN(C(=O)OC(C)(C)C)C2)c(C#N)c(C2CCCN(C(=O)OC(C)(C)C)C2)n1. The van der Waals surface area contributed by atoms with Crippen molar-refractivity contribution < 1.29 is 24.2 Å². The van der Waals surface area contributed by atoms with Crippen molar-refractivity contribution in [3.63, 3.8) is 0 Å². The highest BCUT2D eigenvalue weighted by Crippen LogP contribution is 2.39. The molecule has 2 aliphatic rings. The summed E-state index contributed by atoms with van der Waals surface area (Å²) in [5, 5.41) is 21.6. The molecule has 2 saturated heterocycles. The first-order valence-electron chi connectivity index (χ1n) is 15.8. The molecule has 2 atom stereocenters. The summed E-state index contributed by atoms with van der Waals surface area (Å²) in [5.74, 6) is -0.00941. The number of piperidine rings is 2. The van der Waals surface area contributed by atoms with Gasteiger partial charge >= 0.3 is 12.2 Å². The number of carbonyl (C=O) groups is 2. The van der Waals surface area contributed by atoms with Crippen LogP contribution in [0.15, 0.2) is 18.2 Å². The molecule has 0 saturated carbocycles. The Morgan fingerprint density at radius 1 is 0.932 bits per heavy atom. The van der Waals surface area contributed by atoms with Crippen LogP contribution in [0.1, 0.15) is 115 Å². The second kappa shape index (κ2) is 13.4. The molecule has 1 aromatic carbocycles. The minimum absolute atomic E-state index is 0.0793. The molecule has 2 fully saturated rings. The quantitative estimate of drug-likeness (QED) is 0.390. The van der Waals surface area contributed by atoms with E-state index in [9.17, 15) is 20.0 Å². The van der Waals surface area contributed by atoms with Crippen LogP contribution in [0.2, 0.25) is 0 Å². The highest BCUT2D eigenvalue weighted by atomic mass is 16.6. The average molecular weight is 606 g/mol. The number of aryl methyl sites for hydroxylation is 1. The minimum Gasteiger partial charge on any atom is -0.507 e. The highest BCUT2D eigenvalue weighted by molar-refractivity contribution is 5.71. The first-order valence-corrected chi connectivity index (χ1v) is 15.8. The zero-order valence-corrected chi connectivity index (χ0v) is 27.3. The van der Waals surface area contributed by atoms with Crippen LogP contribution in [0.4, 0.5) is 9.59 Å². The van der Waals surface area contributed by atoms with E-state index in [1.165, 1.54) is 0 Å². The van der Waals surface area contributed by atoms with Gasteiger partial charge < -0.3 is 24.4 Å². The normalized spacial score (nSPS) is 19.3. The predicted octanol–water partition coefficient (Wildman–Crippen LogP) is 6.90. The molecular formula is C34H47N5O5. The Morgan fingerprint density at radius 2 is 1.43 bits per heavy atom. The van der Waals surface area contributed by atoms with Crippen molar-refractivity contribution >= 4 is 12.2 Å². The number of carbonyl (C=O) groups excluding carboxylic acids is 2. The number of nitriles is 1. The molecule has 10 heteroatoms. The van der Waals surface area contributed by atoms with Crippen molar-refractivity contribution in [3.05, 3.63) is 40.7 Å². The summed E-state index contributed by atoms with van der Waals surface area (Å²) in [6.45, 7) is 15.0. The summed E-state index contributed by atoms with van der Waals surface area (Å²) in [7, 11) is 0. The number of aromatic nitrogens is 2. The molecule has 2 aliphatic heterocycles. The van der Waals surface area contributed by atoms with Crippen LogP contribution in [0, 0.1) is 11.3 Å². The van der Waals surface area contributed by atoms with Crippen LogP contribution in [0.5, 0.6) is 5.75 Å². The number of nitrogens with zero attached hydrogens (tertiary/aromatic N) is 5. The molecule has 4 rings (SSSR count). The summed E-state index contributed by atoms with van der Waals surface area (Å²) >= 11 is 0. The monoisotopic (exact) mass is 605 g/mol. The second-order valence-electron chi connectivity index (χ2n) is 13.9. The zero-order chi connectivity index (χ0) is 32.2. The molecule has 238 valence electrons. The lowest BCUT2D eigenvalue weighted by Crippen LogP contribution is -2.43. The maximum Gasteiger partial charge on any atom is 0.410 e. The summed E-state index contributed by atoms with van der Waals surface area (Å²) in [5.41, 5.74) is 1.75. The summed E-state index contributed by atoms with van der Waals surface area (Å²) < 4.78 is 11.3. The van der Waals surface area contributed by atoms with E-state index in [1.54, 1.807) is 15.9 Å². The summed E-state index contributed by atoms with van der Waals surface area (Å²) in [4.78, 5) is 39.4. The first-order chi connectivity index (χ1) is 20.7. The molecular weight excluding hydrogens is 558 g/mol. The molecule has 2 amide bonds. The molecule has 0 spiro atoms. The Morgan fingerprint density at radius 3 is 1.86 bits per heavy atom. The zero-order valence-electron chi connectivity index (χ0n) is 27.3. The number of hydrogen-bond acceptors (Lipinski definition) is 8. The molecule has 44 heavy (non-hydrogen) atoms. The molecule has 1 N–H and O–H groups in total. The van der Waals surface area contributed by atoms with E-state index >= 15 is 0 Å². The maximum absolute atomic E-state index is 13.0. The molecule has 0 aliphatic carbocycles. The average Bonchev–Trinajstić information content (AvgIpc) is 2.95.